The van der Waals surface area contributed by atoms with Crippen molar-refractivity contribution in [3.8, 4) is 11.1 Å². The average molecular weight is 262 g/mol. The Kier molecular flexibility index (Phi) is 3.47. The summed E-state index contributed by atoms with van der Waals surface area (Å²) in [4.78, 5) is 0. The lowest BCUT2D eigenvalue weighted by Gasteiger charge is -2.14. The summed E-state index contributed by atoms with van der Waals surface area (Å²) >= 11 is 0. The molecule has 19 heavy (non-hydrogen) atoms. The first-order chi connectivity index (χ1) is 8.91. The van der Waals surface area contributed by atoms with Crippen molar-refractivity contribution in [2.75, 3.05) is 0 Å². The van der Waals surface area contributed by atoms with Crippen LogP contribution in [0, 0.1) is 6.92 Å². The second-order valence-electron chi connectivity index (χ2n) is 4.37. The second kappa shape index (κ2) is 4.92. The molecule has 2 rings (SSSR count). The summed E-state index contributed by atoms with van der Waals surface area (Å²) < 4.78 is 39.1. The van der Waals surface area contributed by atoms with Gasteiger partial charge in [-0.15, -0.1) is 0 Å². The van der Waals surface area contributed by atoms with Crippen LogP contribution >= 0.6 is 0 Å². The number of aryl methyl sites for hydroxylation is 1. The lowest BCUT2D eigenvalue weighted by atomic mass is 9.96. The van der Waals surface area contributed by atoms with Crippen molar-refractivity contribution in [1.29, 1.82) is 0 Å². The van der Waals surface area contributed by atoms with Crippen LogP contribution in [0.1, 0.15) is 16.7 Å². The fourth-order valence-corrected chi connectivity index (χ4v) is 1.91. The summed E-state index contributed by atoms with van der Waals surface area (Å²) in [6.45, 7) is 5.49. The average Bonchev–Trinajstić information content (AvgIpc) is 2.38. The maximum atomic E-state index is 13.0. The van der Waals surface area contributed by atoms with E-state index in [9.17, 15) is 13.2 Å². The van der Waals surface area contributed by atoms with Gasteiger partial charge in [0.05, 0.1) is 5.56 Å². The fourth-order valence-electron chi connectivity index (χ4n) is 1.91. The van der Waals surface area contributed by atoms with E-state index in [1.54, 1.807) is 24.3 Å². The van der Waals surface area contributed by atoms with E-state index >= 15 is 0 Å². The molecule has 0 aliphatic heterocycles. The summed E-state index contributed by atoms with van der Waals surface area (Å²) in [5.74, 6) is 0. The predicted molar refractivity (Wildman–Crippen MR) is 71.7 cm³/mol. The molecule has 3 heteroatoms. The second-order valence-corrected chi connectivity index (χ2v) is 4.37. The quantitative estimate of drug-likeness (QED) is 0.686. The highest BCUT2D eigenvalue weighted by molar-refractivity contribution is 5.71. The minimum atomic E-state index is -4.36. The Balaban J connectivity index is 2.64. The van der Waals surface area contributed by atoms with E-state index in [2.05, 4.69) is 6.58 Å². The van der Waals surface area contributed by atoms with Gasteiger partial charge in [0.15, 0.2) is 0 Å². The van der Waals surface area contributed by atoms with Gasteiger partial charge in [0.25, 0.3) is 0 Å². The van der Waals surface area contributed by atoms with Crippen LogP contribution in [-0.4, -0.2) is 0 Å². The minimum absolute atomic E-state index is 0.185. The van der Waals surface area contributed by atoms with Gasteiger partial charge in [-0.25, -0.2) is 0 Å². The van der Waals surface area contributed by atoms with Gasteiger partial charge in [0.2, 0.25) is 0 Å². The molecule has 0 heterocycles. The van der Waals surface area contributed by atoms with E-state index in [-0.39, 0.29) is 5.56 Å². The molecule has 0 radical (unpaired) electrons. The molecule has 0 nitrogen and oxygen atoms in total. The van der Waals surface area contributed by atoms with Gasteiger partial charge in [-0.2, -0.15) is 13.2 Å². The van der Waals surface area contributed by atoms with E-state index in [1.165, 1.54) is 18.2 Å². The molecule has 0 fully saturated rings. The van der Waals surface area contributed by atoms with Crippen LogP contribution in [0.2, 0.25) is 0 Å². The third-order valence-corrected chi connectivity index (χ3v) is 2.95. The van der Waals surface area contributed by atoms with Gasteiger partial charge in [-0.3, -0.25) is 0 Å². The van der Waals surface area contributed by atoms with Crippen LogP contribution in [-0.2, 0) is 6.18 Å². The predicted octanol–water partition coefficient (Wildman–Crippen LogP) is 5.32. The molecule has 0 saturated heterocycles. The summed E-state index contributed by atoms with van der Waals surface area (Å²) in [6, 6.07) is 11.0. The highest BCUT2D eigenvalue weighted by Gasteiger charge is 2.33. The Bertz CT molecular complexity index is 592. The van der Waals surface area contributed by atoms with Crippen LogP contribution in [0.3, 0.4) is 0 Å². The summed E-state index contributed by atoms with van der Waals surface area (Å²) in [5.41, 5.74) is 1.80. The highest BCUT2D eigenvalue weighted by Crippen LogP contribution is 2.37. The molecular weight excluding hydrogens is 249 g/mol. The minimum Gasteiger partial charge on any atom is -0.166 e. The smallest absolute Gasteiger partial charge is 0.166 e. The van der Waals surface area contributed by atoms with Gasteiger partial charge in [-0.1, -0.05) is 48.6 Å². The van der Waals surface area contributed by atoms with Crippen molar-refractivity contribution in [2.24, 2.45) is 0 Å². The third kappa shape index (κ3) is 2.87. The molecular formula is C16H13F3. The lowest BCUT2D eigenvalue weighted by molar-refractivity contribution is -0.137. The molecule has 2 aromatic carbocycles. The highest BCUT2D eigenvalue weighted by atomic mass is 19.4. The van der Waals surface area contributed by atoms with E-state index in [4.69, 9.17) is 0 Å². The zero-order chi connectivity index (χ0) is 14.0. The third-order valence-electron chi connectivity index (χ3n) is 2.95. The molecule has 0 N–H and O–H groups in total. The first-order valence-electron chi connectivity index (χ1n) is 5.82. The number of alkyl halides is 3. The monoisotopic (exact) mass is 262 g/mol. The van der Waals surface area contributed by atoms with Gasteiger partial charge < -0.3 is 0 Å². The SMILES string of the molecule is C=Cc1ccc(C(F)(F)F)c(-c2ccc(C)cc2)c1. The van der Waals surface area contributed by atoms with E-state index in [0.717, 1.165) is 11.6 Å². The molecule has 0 aliphatic carbocycles. The molecule has 2 aromatic rings. The summed E-state index contributed by atoms with van der Waals surface area (Å²) in [6.07, 6.45) is -2.82. The maximum absolute atomic E-state index is 13.0. The van der Waals surface area contributed by atoms with Gasteiger partial charge in [0, 0.05) is 0 Å². The van der Waals surface area contributed by atoms with Crippen molar-refractivity contribution >= 4 is 6.08 Å². The van der Waals surface area contributed by atoms with Crippen LogP contribution < -0.4 is 0 Å². The molecule has 0 amide bonds. The number of hydrogen-bond acceptors (Lipinski definition) is 0. The normalized spacial score (nSPS) is 11.4. The molecule has 0 bridgehead atoms. The molecule has 0 saturated carbocycles. The van der Waals surface area contributed by atoms with Crippen LogP contribution in [0.4, 0.5) is 13.2 Å². The topological polar surface area (TPSA) is 0 Å². The Morgan fingerprint density at radius 2 is 1.63 bits per heavy atom. The molecule has 0 aliphatic rings. The number of hydrogen-bond donors (Lipinski definition) is 0. The summed E-state index contributed by atoms with van der Waals surface area (Å²) in [7, 11) is 0. The van der Waals surface area contributed by atoms with E-state index < -0.39 is 11.7 Å². The Morgan fingerprint density at radius 1 is 1.00 bits per heavy atom. The lowest BCUT2D eigenvalue weighted by Crippen LogP contribution is -2.07. The standard InChI is InChI=1S/C16H13F3/c1-3-12-6-9-15(16(17,18)19)14(10-12)13-7-4-11(2)5-8-13/h3-10H,1H2,2H3. The number of rotatable bonds is 2. The van der Waals surface area contributed by atoms with Crippen LogP contribution in [0.15, 0.2) is 49.0 Å². The molecule has 0 aromatic heterocycles. The Hall–Kier alpha value is -2.03. The molecule has 98 valence electrons. The van der Waals surface area contributed by atoms with E-state index in [1.807, 2.05) is 6.92 Å². The Morgan fingerprint density at radius 3 is 2.16 bits per heavy atom. The largest absolute Gasteiger partial charge is 0.417 e. The van der Waals surface area contributed by atoms with Crippen molar-refractivity contribution in [3.63, 3.8) is 0 Å². The van der Waals surface area contributed by atoms with Gasteiger partial charge in [-0.05, 0) is 35.7 Å². The zero-order valence-corrected chi connectivity index (χ0v) is 10.5. The molecule has 0 atom stereocenters. The van der Waals surface area contributed by atoms with Gasteiger partial charge in [0.1, 0.15) is 0 Å². The van der Waals surface area contributed by atoms with Crippen molar-refractivity contribution in [1.82, 2.24) is 0 Å². The first-order valence-corrected chi connectivity index (χ1v) is 5.82. The van der Waals surface area contributed by atoms with Crippen molar-refractivity contribution < 1.29 is 13.2 Å². The van der Waals surface area contributed by atoms with E-state index in [0.29, 0.717) is 11.1 Å². The fraction of sp³-hybridized carbons (Fsp3) is 0.125. The Labute approximate surface area is 110 Å². The maximum Gasteiger partial charge on any atom is 0.417 e. The number of halogens is 3. The van der Waals surface area contributed by atoms with Crippen molar-refractivity contribution in [2.45, 2.75) is 13.1 Å². The first kappa shape index (κ1) is 13.4. The number of benzene rings is 2. The zero-order valence-electron chi connectivity index (χ0n) is 10.5. The molecule has 0 spiro atoms. The van der Waals surface area contributed by atoms with Crippen LogP contribution in [0.25, 0.3) is 17.2 Å². The van der Waals surface area contributed by atoms with Gasteiger partial charge >= 0.3 is 6.18 Å². The van der Waals surface area contributed by atoms with Crippen molar-refractivity contribution in [3.05, 3.63) is 65.7 Å². The summed E-state index contributed by atoms with van der Waals surface area (Å²) in [5, 5.41) is 0. The molecule has 0 unspecified atom stereocenters. The van der Waals surface area contributed by atoms with Crippen LogP contribution in [0.5, 0.6) is 0 Å².